The number of nitrogens with two attached hydrogens (primary N) is 1. The topological polar surface area (TPSA) is 32.5 Å². The van der Waals surface area contributed by atoms with Gasteiger partial charge in [-0.05, 0) is 45.8 Å². The van der Waals surface area contributed by atoms with Gasteiger partial charge in [-0.1, -0.05) is 26.2 Å². The maximum absolute atomic E-state index is 6.34. The van der Waals surface area contributed by atoms with Crippen LogP contribution in [-0.2, 0) is 0 Å². The van der Waals surface area contributed by atoms with Crippen LogP contribution in [0, 0.1) is 5.92 Å². The third kappa shape index (κ3) is 6.17. The predicted octanol–water partition coefficient (Wildman–Crippen LogP) is 2.17. The van der Waals surface area contributed by atoms with Crippen molar-refractivity contribution < 1.29 is 0 Å². The zero-order chi connectivity index (χ0) is 13.4. The molecule has 1 aliphatic rings. The standard InChI is InChI=1S/C15H33N3/c1-4-10-18(12-11-17(2)3)13-14-8-6-5-7-9-15(14)16/h14-15H,4-13,16H2,1-3H3. The van der Waals surface area contributed by atoms with E-state index in [1.165, 1.54) is 58.2 Å². The summed E-state index contributed by atoms with van der Waals surface area (Å²) >= 11 is 0. The fourth-order valence-corrected chi connectivity index (χ4v) is 2.92. The Morgan fingerprint density at radius 2 is 1.72 bits per heavy atom. The Hall–Kier alpha value is -0.120. The highest BCUT2D eigenvalue weighted by atomic mass is 15.2. The molecular formula is C15H33N3. The van der Waals surface area contributed by atoms with Crippen molar-refractivity contribution in [2.45, 2.75) is 51.5 Å². The Morgan fingerprint density at radius 3 is 2.39 bits per heavy atom. The van der Waals surface area contributed by atoms with Crippen LogP contribution in [0.3, 0.4) is 0 Å². The average Bonchev–Trinajstić information content (AvgIpc) is 2.52. The van der Waals surface area contributed by atoms with Gasteiger partial charge < -0.3 is 15.5 Å². The molecule has 0 bridgehead atoms. The number of likely N-dealkylation sites (N-methyl/N-ethyl adjacent to an activating group) is 1. The largest absolute Gasteiger partial charge is 0.327 e. The maximum Gasteiger partial charge on any atom is 0.0109 e. The summed E-state index contributed by atoms with van der Waals surface area (Å²) in [6, 6.07) is 0.436. The molecule has 0 amide bonds. The molecule has 1 saturated carbocycles. The molecule has 1 aliphatic carbocycles. The summed E-state index contributed by atoms with van der Waals surface area (Å²) in [7, 11) is 4.31. The van der Waals surface area contributed by atoms with E-state index >= 15 is 0 Å². The summed E-state index contributed by atoms with van der Waals surface area (Å²) in [6.45, 7) is 7.04. The monoisotopic (exact) mass is 255 g/mol. The quantitative estimate of drug-likeness (QED) is 0.708. The molecule has 0 saturated heterocycles. The predicted molar refractivity (Wildman–Crippen MR) is 79.8 cm³/mol. The molecule has 108 valence electrons. The van der Waals surface area contributed by atoms with E-state index in [1.807, 2.05) is 0 Å². The minimum absolute atomic E-state index is 0.436. The van der Waals surface area contributed by atoms with Gasteiger partial charge in [-0.2, -0.15) is 0 Å². The molecule has 1 fully saturated rings. The molecule has 0 aromatic rings. The van der Waals surface area contributed by atoms with E-state index in [0.29, 0.717) is 6.04 Å². The Kier molecular flexibility index (Phi) is 7.87. The van der Waals surface area contributed by atoms with Crippen LogP contribution in [0.1, 0.15) is 45.4 Å². The summed E-state index contributed by atoms with van der Waals surface area (Å²) in [4.78, 5) is 4.89. The molecule has 0 aliphatic heterocycles. The van der Waals surface area contributed by atoms with Crippen molar-refractivity contribution in [1.29, 1.82) is 0 Å². The van der Waals surface area contributed by atoms with Gasteiger partial charge in [-0.3, -0.25) is 0 Å². The van der Waals surface area contributed by atoms with E-state index < -0.39 is 0 Å². The SMILES string of the molecule is CCCN(CCN(C)C)CC1CCCCCC1N. The molecule has 0 aromatic carbocycles. The van der Waals surface area contributed by atoms with Gasteiger partial charge in [-0.25, -0.2) is 0 Å². The number of hydrogen-bond donors (Lipinski definition) is 1. The summed E-state index contributed by atoms with van der Waals surface area (Å²) in [5.41, 5.74) is 6.34. The minimum Gasteiger partial charge on any atom is -0.327 e. The van der Waals surface area contributed by atoms with Crippen LogP contribution < -0.4 is 5.73 Å². The van der Waals surface area contributed by atoms with Crippen LogP contribution in [0.15, 0.2) is 0 Å². The van der Waals surface area contributed by atoms with Crippen molar-refractivity contribution in [1.82, 2.24) is 9.80 Å². The van der Waals surface area contributed by atoms with E-state index in [9.17, 15) is 0 Å². The lowest BCUT2D eigenvalue weighted by Crippen LogP contribution is -2.41. The molecule has 18 heavy (non-hydrogen) atoms. The lowest BCUT2D eigenvalue weighted by Gasteiger charge is -2.30. The van der Waals surface area contributed by atoms with Crippen LogP contribution in [0.5, 0.6) is 0 Å². The first-order chi connectivity index (χ1) is 8.63. The highest BCUT2D eigenvalue weighted by molar-refractivity contribution is 4.79. The molecular weight excluding hydrogens is 222 g/mol. The Morgan fingerprint density at radius 1 is 1.00 bits per heavy atom. The molecule has 2 atom stereocenters. The van der Waals surface area contributed by atoms with Crippen molar-refractivity contribution >= 4 is 0 Å². The fourth-order valence-electron chi connectivity index (χ4n) is 2.92. The van der Waals surface area contributed by atoms with Crippen LogP contribution in [0.25, 0.3) is 0 Å². The second-order valence-corrected chi connectivity index (χ2v) is 6.17. The highest BCUT2D eigenvalue weighted by Gasteiger charge is 2.22. The van der Waals surface area contributed by atoms with Crippen molar-refractivity contribution in [3.8, 4) is 0 Å². The van der Waals surface area contributed by atoms with Gasteiger partial charge in [0.1, 0.15) is 0 Å². The van der Waals surface area contributed by atoms with Gasteiger partial charge in [0, 0.05) is 25.7 Å². The molecule has 0 aromatic heterocycles. The molecule has 0 spiro atoms. The second-order valence-electron chi connectivity index (χ2n) is 6.17. The van der Waals surface area contributed by atoms with Gasteiger partial charge in [-0.15, -0.1) is 0 Å². The van der Waals surface area contributed by atoms with Crippen LogP contribution in [0.2, 0.25) is 0 Å². The summed E-state index contributed by atoms with van der Waals surface area (Å²) < 4.78 is 0. The first kappa shape index (κ1) is 15.9. The van der Waals surface area contributed by atoms with Gasteiger partial charge >= 0.3 is 0 Å². The van der Waals surface area contributed by atoms with Crippen molar-refractivity contribution in [2.75, 3.05) is 40.3 Å². The number of nitrogens with zero attached hydrogens (tertiary/aromatic N) is 2. The second kappa shape index (κ2) is 8.89. The number of hydrogen-bond acceptors (Lipinski definition) is 3. The Labute approximate surface area is 114 Å². The zero-order valence-corrected chi connectivity index (χ0v) is 12.7. The van der Waals surface area contributed by atoms with Crippen molar-refractivity contribution in [3.05, 3.63) is 0 Å². The Bertz CT molecular complexity index is 206. The van der Waals surface area contributed by atoms with E-state index in [0.717, 1.165) is 12.5 Å². The smallest absolute Gasteiger partial charge is 0.0109 e. The average molecular weight is 255 g/mol. The van der Waals surface area contributed by atoms with E-state index in [4.69, 9.17) is 5.73 Å². The summed E-state index contributed by atoms with van der Waals surface area (Å²) in [6.07, 6.45) is 7.92. The van der Waals surface area contributed by atoms with Gasteiger partial charge in [0.25, 0.3) is 0 Å². The maximum atomic E-state index is 6.34. The third-order valence-electron chi connectivity index (χ3n) is 4.11. The van der Waals surface area contributed by atoms with Gasteiger partial charge in [0.2, 0.25) is 0 Å². The highest BCUT2D eigenvalue weighted by Crippen LogP contribution is 2.23. The molecule has 1 rings (SSSR count). The van der Waals surface area contributed by atoms with Crippen LogP contribution in [0.4, 0.5) is 0 Å². The summed E-state index contributed by atoms with van der Waals surface area (Å²) in [5.74, 6) is 0.723. The van der Waals surface area contributed by atoms with E-state index in [-0.39, 0.29) is 0 Å². The molecule has 2 unspecified atom stereocenters. The van der Waals surface area contributed by atoms with E-state index in [2.05, 4.69) is 30.8 Å². The molecule has 0 radical (unpaired) electrons. The van der Waals surface area contributed by atoms with Crippen molar-refractivity contribution in [3.63, 3.8) is 0 Å². The fraction of sp³-hybridized carbons (Fsp3) is 1.00. The van der Waals surface area contributed by atoms with Gasteiger partial charge in [0.15, 0.2) is 0 Å². The molecule has 2 N–H and O–H groups in total. The Balaban J connectivity index is 2.41. The number of rotatable bonds is 7. The van der Waals surface area contributed by atoms with Crippen LogP contribution >= 0.6 is 0 Å². The van der Waals surface area contributed by atoms with Crippen LogP contribution in [-0.4, -0.2) is 56.1 Å². The molecule has 0 heterocycles. The van der Waals surface area contributed by atoms with Crippen molar-refractivity contribution in [2.24, 2.45) is 11.7 Å². The first-order valence-electron chi connectivity index (χ1n) is 7.76. The zero-order valence-electron chi connectivity index (χ0n) is 12.7. The lowest BCUT2D eigenvalue weighted by atomic mass is 9.95. The lowest BCUT2D eigenvalue weighted by molar-refractivity contribution is 0.190. The minimum atomic E-state index is 0.436. The summed E-state index contributed by atoms with van der Waals surface area (Å²) in [5, 5.41) is 0. The normalized spacial score (nSPS) is 25.7. The molecule has 3 heteroatoms. The first-order valence-corrected chi connectivity index (χ1v) is 7.76. The van der Waals surface area contributed by atoms with E-state index in [1.54, 1.807) is 0 Å². The molecule has 3 nitrogen and oxygen atoms in total. The van der Waals surface area contributed by atoms with Gasteiger partial charge in [0.05, 0.1) is 0 Å². The third-order valence-corrected chi connectivity index (χ3v) is 4.11.